The van der Waals surface area contributed by atoms with E-state index in [0.29, 0.717) is 20.5 Å². The average molecular weight is 311 g/mol. The summed E-state index contributed by atoms with van der Waals surface area (Å²) in [5, 5.41) is 0. The van der Waals surface area contributed by atoms with Gasteiger partial charge in [0, 0.05) is 0 Å². The van der Waals surface area contributed by atoms with E-state index in [2.05, 4.69) is 41.8 Å². The number of aromatic nitrogens is 1. The van der Waals surface area contributed by atoms with Gasteiger partial charge in [-0.3, -0.25) is 0 Å². The number of methoxy groups -OCH3 is 1. The number of hydrogen-bond acceptors (Lipinski definition) is 3. The molecule has 98 valence electrons. The quantitative estimate of drug-likeness (QED) is 0.792. The predicted molar refractivity (Wildman–Crippen MR) is 76.7 cm³/mol. The van der Waals surface area contributed by atoms with E-state index in [4.69, 9.17) is 4.74 Å². The topological polar surface area (TPSA) is 25.4 Å². The summed E-state index contributed by atoms with van der Waals surface area (Å²) in [6, 6.07) is 4.70. The van der Waals surface area contributed by atoms with E-state index in [1.54, 1.807) is 7.11 Å². The third kappa shape index (κ3) is 2.94. The summed E-state index contributed by atoms with van der Waals surface area (Å²) < 4.78 is 6.59. The van der Waals surface area contributed by atoms with Gasteiger partial charge >= 0.3 is 114 Å². The molecule has 0 aliphatic rings. The summed E-state index contributed by atoms with van der Waals surface area (Å²) in [5.74, 6) is 0.717. The zero-order valence-corrected chi connectivity index (χ0v) is 13.1. The number of nitrogens with zero attached hydrogens (tertiary/aromatic N) is 2. The van der Waals surface area contributed by atoms with Gasteiger partial charge in [-0.05, 0) is 0 Å². The minimum absolute atomic E-state index is 0.445. The Kier molecular flexibility index (Phi) is 4.44. The maximum atomic E-state index is 5.21. The molecule has 0 saturated heterocycles. The van der Waals surface area contributed by atoms with Crippen LogP contribution < -0.4 is 4.74 Å². The number of pyridine rings is 1. The van der Waals surface area contributed by atoms with E-state index in [1.807, 2.05) is 6.07 Å². The van der Waals surface area contributed by atoms with Crippen molar-refractivity contribution in [3.63, 3.8) is 0 Å². The van der Waals surface area contributed by atoms with E-state index >= 15 is 0 Å². The van der Waals surface area contributed by atoms with Crippen molar-refractivity contribution in [2.45, 2.75) is 26.3 Å². The molecule has 0 aliphatic carbocycles. The maximum absolute atomic E-state index is 5.21. The van der Waals surface area contributed by atoms with Crippen molar-refractivity contribution in [2.75, 3.05) is 20.7 Å². The second kappa shape index (κ2) is 5.87. The van der Waals surface area contributed by atoms with Crippen LogP contribution in [0.2, 0.25) is 0 Å². The molecule has 0 saturated carbocycles. The molecule has 2 aromatic heterocycles. The van der Waals surface area contributed by atoms with E-state index in [9.17, 15) is 0 Å². The Morgan fingerprint density at radius 3 is 2.83 bits per heavy atom. The second-order valence-electron chi connectivity index (χ2n) is 4.79. The second-order valence-corrected chi connectivity index (χ2v) is 6.70. The third-order valence-electron chi connectivity index (χ3n) is 3.29. The van der Waals surface area contributed by atoms with Crippen molar-refractivity contribution in [1.82, 2.24) is 9.88 Å². The summed E-state index contributed by atoms with van der Waals surface area (Å²) in [5.41, 5.74) is 2.54. The number of fused-ring (bicyclic) bond motifs is 1. The first-order valence-electron chi connectivity index (χ1n) is 6.23. The first-order chi connectivity index (χ1) is 8.61. The van der Waals surface area contributed by atoms with Crippen LogP contribution in [0.3, 0.4) is 0 Å². The van der Waals surface area contributed by atoms with Gasteiger partial charge < -0.3 is 0 Å². The fourth-order valence-electron chi connectivity index (χ4n) is 1.79. The molecule has 2 heterocycles. The Morgan fingerprint density at radius 1 is 1.39 bits per heavy atom. The normalized spacial score (nSPS) is 11.7. The Morgan fingerprint density at radius 2 is 2.17 bits per heavy atom. The first-order valence-corrected chi connectivity index (χ1v) is 8.07. The standard InChI is InChI=1S/C14H20N2OSe/c1-10(2)16(3)8-7-11-9-18-12-5-6-13(17-4)15-14(11)12/h5-6,9-10H,7-8H2,1-4H3. The van der Waals surface area contributed by atoms with Gasteiger partial charge in [0.2, 0.25) is 0 Å². The summed E-state index contributed by atoms with van der Waals surface area (Å²) >= 11 is 0.445. The molecule has 0 aromatic carbocycles. The van der Waals surface area contributed by atoms with Gasteiger partial charge in [0.1, 0.15) is 0 Å². The Balaban J connectivity index is 2.18. The van der Waals surface area contributed by atoms with E-state index in [-0.39, 0.29) is 0 Å². The van der Waals surface area contributed by atoms with E-state index < -0.39 is 0 Å². The van der Waals surface area contributed by atoms with Crippen LogP contribution in [-0.2, 0) is 6.42 Å². The van der Waals surface area contributed by atoms with Crippen LogP contribution in [0.1, 0.15) is 19.4 Å². The number of ether oxygens (including phenoxy) is 1. The predicted octanol–water partition coefficient (Wildman–Crippen LogP) is 2.18. The molecule has 2 rings (SSSR count). The Labute approximate surface area is 115 Å². The van der Waals surface area contributed by atoms with Crippen LogP contribution in [-0.4, -0.2) is 51.1 Å². The molecule has 0 unspecified atom stereocenters. The molecule has 0 atom stereocenters. The van der Waals surface area contributed by atoms with Crippen molar-refractivity contribution < 1.29 is 4.74 Å². The molecule has 0 N–H and O–H groups in total. The first kappa shape index (κ1) is 13.6. The van der Waals surface area contributed by atoms with Crippen LogP contribution in [0.15, 0.2) is 17.1 Å². The molecule has 18 heavy (non-hydrogen) atoms. The molecule has 0 spiro atoms. The van der Waals surface area contributed by atoms with Gasteiger partial charge in [-0.2, -0.15) is 0 Å². The Hall–Kier alpha value is -0.831. The van der Waals surface area contributed by atoms with Gasteiger partial charge in [0.05, 0.1) is 0 Å². The average Bonchev–Trinajstić information content (AvgIpc) is 2.77. The molecule has 2 aromatic rings. The summed E-state index contributed by atoms with van der Waals surface area (Å²) in [7, 11) is 3.84. The van der Waals surface area contributed by atoms with Crippen molar-refractivity contribution in [2.24, 2.45) is 0 Å². The van der Waals surface area contributed by atoms with Crippen LogP contribution in [0.4, 0.5) is 0 Å². The Bertz CT molecular complexity index is 521. The van der Waals surface area contributed by atoms with Gasteiger partial charge in [-0.1, -0.05) is 0 Å². The molecule has 0 bridgehead atoms. The van der Waals surface area contributed by atoms with E-state index in [1.165, 1.54) is 9.82 Å². The van der Waals surface area contributed by atoms with Crippen LogP contribution >= 0.6 is 0 Å². The summed E-state index contributed by atoms with van der Waals surface area (Å²) in [4.78, 5) is 9.31. The monoisotopic (exact) mass is 312 g/mol. The summed E-state index contributed by atoms with van der Waals surface area (Å²) in [6.45, 7) is 5.53. The van der Waals surface area contributed by atoms with Crippen molar-refractivity contribution in [1.29, 1.82) is 0 Å². The summed E-state index contributed by atoms with van der Waals surface area (Å²) in [6.07, 6.45) is 1.07. The number of rotatable bonds is 5. The third-order valence-corrected chi connectivity index (χ3v) is 5.36. The van der Waals surface area contributed by atoms with Gasteiger partial charge in [-0.15, -0.1) is 0 Å². The van der Waals surface area contributed by atoms with E-state index in [0.717, 1.165) is 24.4 Å². The SMILES string of the molecule is COc1ccc2[se]cc(CCN(C)C(C)C)c2n1. The molecular formula is C14H20N2OSe. The minimum atomic E-state index is 0.445. The van der Waals surface area contributed by atoms with Crippen molar-refractivity contribution >= 4 is 24.3 Å². The molecule has 3 nitrogen and oxygen atoms in total. The van der Waals surface area contributed by atoms with Gasteiger partial charge in [0.15, 0.2) is 0 Å². The van der Waals surface area contributed by atoms with Gasteiger partial charge in [-0.25, -0.2) is 0 Å². The molecule has 0 amide bonds. The van der Waals surface area contributed by atoms with Crippen LogP contribution in [0.5, 0.6) is 5.88 Å². The molecule has 4 heteroatoms. The fourth-order valence-corrected chi connectivity index (χ4v) is 3.75. The fraction of sp³-hybridized carbons (Fsp3) is 0.500. The number of likely N-dealkylation sites (N-methyl/N-ethyl adjacent to an activating group) is 1. The van der Waals surface area contributed by atoms with Crippen LogP contribution in [0.25, 0.3) is 9.78 Å². The zero-order valence-electron chi connectivity index (χ0n) is 11.4. The molecule has 0 radical (unpaired) electrons. The van der Waals surface area contributed by atoms with Crippen LogP contribution in [0, 0.1) is 0 Å². The van der Waals surface area contributed by atoms with Crippen molar-refractivity contribution in [3.05, 3.63) is 22.6 Å². The molecule has 0 fully saturated rings. The molecule has 0 aliphatic heterocycles. The van der Waals surface area contributed by atoms with Gasteiger partial charge in [0.25, 0.3) is 0 Å². The van der Waals surface area contributed by atoms with Crippen molar-refractivity contribution in [3.8, 4) is 5.88 Å². The number of hydrogen-bond donors (Lipinski definition) is 0. The molecular weight excluding hydrogens is 291 g/mol. The zero-order chi connectivity index (χ0) is 13.1.